The molecule has 0 aliphatic rings. The van der Waals surface area contributed by atoms with E-state index in [-0.39, 0.29) is 0 Å². The van der Waals surface area contributed by atoms with Crippen LogP contribution >= 0.6 is 8.25 Å². The van der Waals surface area contributed by atoms with Gasteiger partial charge in [0.05, 0.1) is 0 Å². The van der Waals surface area contributed by atoms with E-state index in [1.807, 2.05) is 0 Å². The molecule has 3 atom stereocenters. The molecule has 0 spiro atoms. The fourth-order valence-electron chi connectivity index (χ4n) is 2.54. The van der Waals surface area contributed by atoms with Gasteiger partial charge in [-0.1, -0.05) is 66.2 Å². The van der Waals surface area contributed by atoms with Gasteiger partial charge in [0.15, 0.2) is 0 Å². The molecule has 0 aromatic carbocycles. The highest BCUT2D eigenvalue weighted by atomic mass is 31.1. The summed E-state index contributed by atoms with van der Waals surface area (Å²) in [5.41, 5.74) is 0. The van der Waals surface area contributed by atoms with E-state index < -0.39 is 8.25 Å². The van der Waals surface area contributed by atoms with Crippen LogP contribution in [-0.2, 0) is 13.6 Å². The van der Waals surface area contributed by atoms with E-state index >= 15 is 0 Å². The van der Waals surface area contributed by atoms with E-state index in [0.29, 0.717) is 19.1 Å². The largest absolute Gasteiger partial charge is 0.697 e. The van der Waals surface area contributed by atoms with Crippen LogP contribution in [0.4, 0.5) is 0 Å². The average molecular weight is 348 g/mol. The second kappa shape index (κ2) is 16.8. The lowest BCUT2D eigenvalue weighted by Gasteiger charge is -2.14. The Kier molecular flexibility index (Phi) is 16.8. The van der Waals surface area contributed by atoms with Crippen LogP contribution in [0.1, 0.15) is 79.1 Å². The molecule has 0 bridgehead atoms. The van der Waals surface area contributed by atoms with E-state index in [2.05, 4.69) is 33.0 Å². The number of hydrogen-bond acceptors (Lipinski definition) is 4. The molecule has 1 N–H and O–H groups in total. The summed E-state index contributed by atoms with van der Waals surface area (Å²) in [6.07, 6.45) is 9.67. The molecule has 0 heterocycles. The molecular formula is C18H39NO3P+. The van der Waals surface area contributed by atoms with Crippen molar-refractivity contribution < 1.29 is 13.6 Å². The van der Waals surface area contributed by atoms with Crippen LogP contribution < -0.4 is 5.32 Å². The summed E-state index contributed by atoms with van der Waals surface area (Å²) in [5.74, 6) is 1.24. The summed E-state index contributed by atoms with van der Waals surface area (Å²) >= 11 is 0. The first-order valence-electron chi connectivity index (χ1n) is 9.61. The Morgan fingerprint density at radius 1 is 0.913 bits per heavy atom. The fraction of sp³-hybridized carbons (Fsp3) is 1.00. The molecule has 0 radical (unpaired) electrons. The molecule has 0 aliphatic carbocycles. The standard InChI is InChI=1S/C18H39NO3P/c1-5-9-11-17(7-3)15-19-13-14-21-23(20)22-16-18(8-4)12-10-6-2/h17-19H,5-16H2,1-4H3/q+1. The van der Waals surface area contributed by atoms with Crippen molar-refractivity contribution in [3.05, 3.63) is 0 Å². The zero-order chi connectivity index (χ0) is 17.3. The maximum Gasteiger partial charge on any atom is 0.697 e. The van der Waals surface area contributed by atoms with Gasteiger partial charge in [0.1, 0.15) is 13.2 Å². The van der Waals surface area contributed by atoms with Gasteiger partial charge in [-0.05, 0) is 31.2 Å². The van der Waals surface area contributed by atoms with Crippen molar-refractivity contribution in [1.29, 1.82) is 0 Å². The van der Waals surface area contributed by atoms with Crippen molar-refractivity contribution in [2.75, 3.05) is 26.3 Å². The second-order valence-corrected chi connectivity index (χ2v) is 7.35. The molecule has 4 nitrogen and oxygen atoms in total. The Labute approximate surface area is 145 Å². The zero-order valence-corrected chi connectivity index (χ0v) is 16.7. The second-order valence-electron chi connectivity index (χ2n) is 6.39. The molecular weight excluding hydrogens is 309 g/mol. The molecule has 23 heavy (non-hydrogen) atoms. The van der Waals surface area contributed by atoms with Crippen LogP contribution in [0.25, 0.3) is 0 Å². The van der Waals surface area contributed by atoms with Crippen molar-refractivity contribution in [2.45, 2.75) is 79.1 Å². The van der Waals surface area contributed by atoms with E-state index in [1.165, 1.54) is 38.5 Å². The topological polar surface area (TPSA) is 47.6 Å². The first kappa shape index (κ1) is 23.0. The normalized spacial score (nSPS) is 14.7. The van der Waals surface area contributed by atoms with Crippen molar-refractivity contribution >= 4 is 8.25 Å². The molecule has 138 valence electrons. The van der Waals surface area contributed by atoms with Gasteiger partial charge >= 0.3 is 8.25 Å². The minimum absolute atomic E-state index is 0.450. The Bertz CT molecular complexity index is 277. The highest BCUT2D eigenvalue weighted by Gasteiger charge is 2.22. The van der Waals surface area contributed by atoms with Gasteiger partial charge in [0, 0.05) is 11.1 Å². The molecule has 0 fully saturated rings. The predicted octanol–water partition coefficient (Wildman–Crippen LogP) is 5.70. The molecule has 0 aromatic rings. The first-order valence-corrected chi connectivity index (χ1v) is 10.7. The quantitative estimate of drug-likeness (QED) is 0.270. The number of unbranched alkanes of at least 4 members (excludes halogenated alkanes) is 2. The number of hydrogen-bond donors (Lipinski definition) is 1. The highest BCUT2D eigenvalue weighted by Crippen LogP contribution is 2.26. The third-order valence-corrected chi connectivity index (χ3v) is 5.16. The smallest absolute Gasteiger partial charge is 0.314 e. The lowest BCUT2D eigenvalue weighted by molar-refractivity contribution is 0.188. The van der Waals surface area contributed by atoms with E-state index in [0.717, 1.165) is 31.8 Å². The maximum atomic E-state index is 11.7. The van der Waals surface area contributed by atoms with Crippen LogP contribution in [0.2, 0.25) is 0 Å². The summed E-state index contributed by atoms with van der Waals surface area (Å²) in [6.45, 7) is 11.6. The van der Waals surface area contributed by atoms with Crippen LogP contribution in [0, 0.1) is 11.8 Å². The minimum Gasteiger partial charge on any atom is -0.314 e. The van der Waals surface area contributed by atoms with E-state index in [4.69, 9.17) is 9.05 Å². The predicted molar refractivity (Wildman–Crippen MR) is 99.0 cm³/mol. The van der Waals surface area contributed by atoms with Gasteiger partial charge in [-0.15, -0.1) is 9.05 Å². The van der Waals surface area contributed by atoms with Gasteiger partial charge < -0.3 is 5.32 Å². The molecule has 0 aliphatic heterocycles. The van der Waals surface area contributed by atoms with Crippen molar-refractivity contribution in [1.82, 2.24) is 5.32 Å². The first-order chi connectivity index (χ1) is 11.2. The van der Waals surface area contributed by atoms with E-state index in [1.54, 1.807) is 0 Å². The molecule has 0 amide bonds. The zero-order valence-electron chi connectivity index (χ0n) is 15.8. The average Bonchev–Trinajstić information content (AvgIpc) is 2.57. The molecule has 0 aromatic heterocycles. The lowest BCUT2D eigenvalue weighted by atomic mass is 9.99. The molecule has 5 heteroatoms. The molecule has 0 saturated heterocycles. The Morgan fingerprint density at radius 3 is 2.09 bits per heavy atom. The van der Waals surface area contributed by atoms with Crippen molar-refractivity contribution in [2.24, 2.45) is 11.8 Å². The Hall–Kier alpha value is -0.0200. The lowest BCUT2D eigenvalue weighted by Crippen LogP contribution is -2.25. The Balaban J connectivity index is 3.62. The summed E-state index contributed by atoms with van der Waals surface area (Å²) in [5, 5.41) is 3.40. The highest BCUT2D eigenvalue weighted by molar-refractivity contribution is 7.33. The van der Waals surface area contributed by atoms with Gasteiger partial charge in [-0.25, -0.2) is 0 Å². The summed E-state index contributed by atoms with van der Waals surface area (Å²) in [6, 6.07) is 0. The summed E-state index contributed by atoms with van der Waals surface area (Å²) in [7, 11) is -1.97. The van der Waals surface area contributed by atoms with Gasteiger partial charge in [0.2, 0.25) is 0 Å². The maximum absolute atomic E-state index is 11.7. The van der Waals surface area contributed by atoms with Gasteiger partial charge in [-0.2, -0.15) is 0 Å². The third-order valence-electron chi connectivity index (χ3n) is 4.41. The van der Waals surface area contributed by atoms with Crippen molar-refractivity contribution in [3.8, 4) is 0 Å². The van der Waals surface area contributed by atoms with Crippen molar-refractivity contribution in [3.63, 3.8) is 0 Å². The Morgan fingerprint density at radius 2 is 1.52 bits per heavy atom. The van der Waals surface area contributed by atoms with Crippen LogP contribution in [0.3, 0.4) is 0 Å². The molecule has 3 unspecified atom stereocenters. The SMILES string of the molecule is CCCCC(CC)CNCCO[P+](=O)OCC(CC)CCCC. The summed E-state index contributed by atoms with van der Waals surface area (Å²) < 4.78 is 22.3. The molecule has 0 rings (SSSR count). The van der Waals surface area contributed by atoms with Gasteiger partial charge in [-0.3, -0.25) is 0 Å². The number of nitrogens with one attached hydrogen (secondary N) is 1. The van der Waals surface area contributed by atoms with Gasteiger partial charge in [0.25, 0.3) is 0 Å². The molecule has 0 saturated carbocycles. The number of rotatable bonds is 17. The van der Waals surface area contributed by atoms with Crippen LogP contribution in [0.5, 0.6) is 0 Å². The van der Waals surface area contributed by atoms with E-state index in [9.17, 15) is 4.57 Å². The van der Waals surface area contributed by atoms with Crippen LogP contribution in [0.15, 0.2) is 0 Å². The summed E-state index contributed by atoms with van der Waals surface area (Å²) in [4.78, 5) is 0. The monoisotopic (exact) mass is 348 g/mol. The fourth-order valence-corrected chi connectivity index (χ4v) is 3.19. The minimum atomic E-state index is -1.97. The third kappa shape index (κ3) is 14.1. The van der Waals surface area contributed by atoms with Crippen LogP contribution in [-0.4, -0.2) is 26.3 Å².